The molecule has 4 nitrogen and oxygen atoms in total. The Kier molecular flexibility index (Phi) is 5.69. The lowest BCUT2D eigenvalue weighted by Crippen LogP contribution is -2.17. The SMILES string of the molecule is Cc1c(/C=C(\C#N)S(=O)(=O)c2ccccc2)cc(C(C)(C)C)n1-c1cccc(F)c1. The molecule has 0 aliphatic carbocycles. The van der Waals surface area contributed by atoms with Crippen molar-refractivity contribution in [3.05, 3.63) is 88.3 Å². The van der Waals surface area contributed by atoms with Gasteiger partial charge in [-0.15, -0.1) is 0 Å². The minimum Gasteiger partial charge on any atom is -0.317 e. The van der Waals surface area contributed by atoms with E-state index in [2.05, 4.69) is 0 Å². The summed E-state index contributed by atoms with van der Waals surface area (Å²) in [5.41, 5.74) is 2.54. The Morgan fingerprint density at radius 1 is 1.07 bits per heavy atom. The van der Waals surface area contributed by atoms with E-state index in [4.69, 9.17) is 0 Å². The topological polar surface area (TPSA) is 62.9 Å². The van der Waals surface area contributed by atoms with E-state index in [0.29, 0.717) is 11.3 Å². The number of allylic oxidation sites excluding steroid dienone is 1. The first kappa shape index (κ1) is 21.5. The van der Waals surface area contributed by atoms with Crippen molar-refractivity contribution in [2.45, 2.75) is 38.0 Å². The van der Waals surface area contributed by atoms with Crippen molar-refractivity contribution in [2.75, 3.05) is 0 Å². The number of aromatic nitrogens is 1. The highest BCUT2D eigenvalue weighted by Gasteiger charge is 2.25. The average Bonchev–Trinajstić information content (AvgIpc) is 3.03. The van der Waals surface area contributed by atoms with Crippen LogP contribution in [0.4, 0.5) is 4.39 Å². The van der Waals surface area contributed by atoms with Crippen LogP contribution in [0.15, 0.2) is 70.5 Å². The first-order valence-electron chi connectivity index (χ1n) is 9.46. The molecule has 6 heteroatoms. The number of halogens is 1. The number of nitriles is 1. The van der Waals surface area contributed by atoms with Gasteiger partial charge in [-0.3, -0.25) is 0 Å². The van der Waals surface area contributed by atoms with Crippen molar-refractivity contribution >= 4 is 15.9 Å². The molecule has 30 heavy (non-hydrogen) atoms. The predicted molar refractivity (Wildman–Crippen MR) is 116 cm³/mol. The van der Waals surface area contributed by atoms with E-state index in [0.717, 1.165) is 11.4 Å². The van der Waals surface area contributed by atoms with Crippen LogP contribution in [0, 0.1) is 24.1 Å². The Labute approximate surface area is 176 Å². The second kappa shape index (κ2) is 7.92. The predicted octanol–water partition coefficient (Wildman–Crippen LogP) is 5.56. The molecule has 0 aliphatic rings. The number of sulfone groups is 1. The van der Waals surface area contributed by atoms with E-state index in [1.54, 1.807) is 30.3 Å². The zero-order valence-electron chi connectivity index (χ0n) is 17.3. The largest absolute Gasteiger partial charge is 0.317 e. The van der Waals surface area contributed by atoms with Crippen molar-refractivity contribution in [1.29, 1.82) is 5.26 Å². The van der Waals surface area contributed by atoms with Gasteiger partial charge in [0.1, 0.15) is 16.8 Å². The quantitative estimate of drug-likeness (QED) is 0.517. The molecule has 1 heterocycles. The molecule has 154 valence electrons. The van der Waals surface area contributed by atoms with Gasteiger partial charge in [-0.2, -0.15) is 5.26 Å². The van der Waals surface area contributed by atoms with E-state index >= 15 is 0 Å². The molecule has 0 spiro atoms. The number of benzene rings is 2. The van der Waals surface area contributed by atoms with Crippen LogP contribution in [0.1, 0.15) is 37.7 Å². The number of hydrogen-bond acceptors (Lipinski definition) is 3. The normalized spacial score (nSPS) is 12.6. The first-order valence-corrected chi connectivity index (χ1v) is 10.9. The number of nitrogens with zero attached hydrogens (tertiary/aromatic N) is 2. The van der Waals surface area contributed by atoms with Crippen molar-refractivity contribution in [2.24, 2.45) is 0 Å². The Bertz CT molecular complexity index is 1260. The van der Waals surface area contributed by atoms with Crippen LogP contribution in [0.25, 0.3) is 11.8 Å². The molecule has 0 saturated heterocycles. The third-order valence-corrected chi connectivity index (χ3v) is 6.54. The fourth-order valence-electron chi connectivity index (χ4n) is 3.31. The fraction of sp³-hybridized carbons (Fsp3) is 0.208. The lowest BCUT2D eigenvalue weighted by molar-refractivity contribution is 0.553. The van der Waals surface area contributed by atoms with E-state index in [9.17, 15) is 18.1 Å². The highest BCUT2D eigenvalue weighted by atomic mass is 32.2. The highest BCUT2D eigenvalue weighted by molar-refractivity contribution is 7.95. The lowest BCUT2D eigenvalue weighted by atomic mass is 9.91. The van der Waals surface area contributed by atoms with Crippen LogP contribution in [-0.4, -0.2) is 13.0 Å². The molecule has 0 fully saturated rings. The summed E-state index contributed by atoms with van der Waals surface area (Å²) < 4.78 is 41.7. The van der Waals surface area contributed by atoms with Crippen molar-refractivity contribution in [3.8, 4) is 11.8 Å². The van der Waals surface area contributed by atoms with Crippen LogP contribution in [0.3, 0.4) is 0 Å². The molecule has 0 saturated carbocycles. The molecule has 0 bridgehead atoms. The minimum absolute atomic E-state index is 0.0658. The maximum Gasteiger partial charge on any atom is 0.216 e. The Balaban J connectivity index is 2.23. The lowest BCUT2D eigenvalue weighted by Gasteiger charge is -2.22. The highest BCUT2D eigenvalue weighted by Crippen LogP contribution is 2.32. The summed E-state index contributed by atoms with van der Waals surface area (Å²) in [5, 5.41) is 9.61. The van der Waals surface area contributed by atoms with E-state index in [-0.39, 0.29) is 21.0 Å². The molecular weight excluding hydrogens is 399 g/mol. The molecular formula is C24H23FN2O2S. The summed E-state index contributed by atoms with van der Waals surface area (Å²) in [6, 6.07) is 17.8. The van der Waals surface area contributed by atoms with Crippen LogP contribution in [-0.2, 0) is 15.3 Å². The van der Waals surface area contributed by atoms with Gasteiger partial charge in [0.05, 0.1) is 4.90 Å². The van der Waals surface area contributed by atoms with Gasteiger partial charge in [0, 0.05) is 22.5 Å². The van der Waals surface area contributed by atoms with E-state index < -0.39 is 9.84 Å². The molecule has 1 aromatic heterocycles. The molecule has 0 amide bonds. The zero-order valence-corrected chi connectivity index (χ0v) is 18.2. The second-order valence-electron chi connectivity index (χ2n) is 8.07. The van der Waals surface area contributed by atoms with Gasteiger partial charge < -0.3 is 4.57 Å². The smallest absolute Gasteiger partial charge is 0.216 e. The van der Waals surface area contributed by atoms with Gasteiger partial charge >= 0.3 is 0 Å². The standard InChI is InChI=1S/C24H23FN2O2S/c1-17-18(13-22(16-26)30(28,29)21-11-6-5-7-12-21)14-23(24(2,3)4)27(17)20-10-8-9-19(25)15-20/h5-15H,1-4H3/b22-13+. The molecule has 0 unspecified atom stereocenters. The maximum atomic E-state index is 13.9. The van der Waals surface area contributed by atoms with Crippen LogP contribution in [0.2, 0.25) is 0 Å². The van der Waals surface area contributed by atoms with Crippen LogP contribution >= 0.6 is 0 Å². The van der Waals surface area contributed by atoms with Gasteiger partial charge in [-0.05, 0) is 55.0 Å². The summed E-state index contributed by atoms with van der Waals surface area (Å²) in [6.45, 7) is 7.90. The third kappa shape index (κ3) is 4.07. The summed E-state index contributed by atoms with van der Waals surface area (Å²) in [5.74, 6) is -0.359. The zero-order chi connectivity index (χ0) is 22.1. The summed E-state index contributed by atoms with van der Waals surface area (Å²) >= 11 is 0. The number of hydrogen-bond donors (Lipinski definition) is 0. The Hall–Kier alpha value is -3.17. The van der Waals surface area contributed by atoms with Gasteiger partial charge in [-0.25, -0.2) is 12.8 Å². The summed E-state index contributed by atoms with van der Waals surface area (Å²) in [4.78, 5) is -0.273. The van der Waals surface area contributed by atoms with Gasteiger partial charge in [0.15, 0.2) is 0 Å². The molecule has 2 aromatic carbocycles. The van der Waals surface area contributed by atoms with Crippen LogP contribution < -0.4 is 0 Å². The summed E-state index contributed by atoms with van der Waals surface area (Å²) in [7, 11) is -3.95. The molecule has 0 radical (unpaired) electrons. The van der Waals surface area contributed by atoms with E-state index in [1.165, 1.54) is 30.3 Å². The molecule has 3 aromatic rings. The summed E-state index contributed by atoms with van der Waals surface area (Å²) in [6.07, 6.45) is 1.39. The van der Waals surface area contributed by atoms with E-state index in [1.807, 2.05) is 44.4 Å². The molecule has 3 rings (SSSR count). The van der Waals surface area contributed by atoms with Gasteiger partial charge in [0.25, 0.3) is 0 Å². The minimum atomic E-state index is -3.95. The van der Waals surface area contributed by atoms with Gasteiger partial charge in [-0.1, -0.05) is 45.0 Å². The van der Waals surface area contributed by atoms with Gasteiger partial charge in [0.2, 0.25) is 9.84 Å². The maximum absolute atomic E-state index is 13.9. The second-order valence-corrected chi connectivity index (χ2v) is 9.99. The van der Waals surface area contributed by atoms with Crippen molar-refractivity contribution in [1.82, 2.24) is 4.57 Å². The molecule has 0 atom stereocenters. The van der Waals surface area contributed by atoms with Crippen LogP contribution in [0.5, 0.6) is 0 Å². The Morgan fingerprint density at radius 3 is 2.30 bits per heavy atom. The molecule has 0 aliphatic heterocycles. The first-order chi connectivity index (χ1) is 14.1. The Morgan fingerprint density at radius 2 is 1.73 bits per heavy atom. The monoisotopic (exact) mass is 422 g/mol. The van der Waals surface area contributed by atoms with Crippen molar-refractivity contribution in [3.63, 3.8) is 0 Å². The third-order valence-electron chi connectivity index (χ3n) is 4.86. The average molecular weight is 423 g/mol. The van der Waals surface area contributed by atoms with Crippen molar-refractivity contribution < 1.29 is 12.8 Å². The molecule has 0 N–H and O–H groups in total. The number of rotatable bonds is 4. The fourth-order valence-corrected chi connectivity index (χ4v) is 4.48.